The quantitative estimate of drug-likeness (QED) is 0.379. The van der Waals surface area contributed by atoms with Crippen LogP contribution < -0.4 is 4.74 Å². The van der Waals surface area contributed by atoms with E-state index in [2.05, 4.69) is 0 Å². The van der Waals surface area contributed by atoms with Gasteiger partial charge < -0.3 is 14.7 Å². The van der Waals surface area contributed by atoms with Crippen molar-refractivity contribution in [2.24, 2.45) is 0 Å². The van der Waals surface area contributed by atoms with E-state index >= 15 is 0 Å². The summed E-state index contributed by atoms with van der Waals surface area (Å²) < 4.78 is 5.65. The van der Waals surface area contributed by atoms with E-state index in [0.29, 0.717) is 10.8 Å². The average Bonchev–Trinajstić information content (AvgIpc) is 3.21. The third-order valence-electron chi connectivity index (χ3n) is 2.87. The molecule has 1 fully saturated rings. The molecule has 0 aliphatic heterocycles. The van der Waals surface area contributed by atoms with Gasteiger partial charge >= 0.3 is 5.97 Å². The highest BCUT2D eigenvalue weighted by Crippen LogP contribution is 2.32. The number of ether oxygens (including phenoxy) is 1. The molecule has 0 bridgehead atoms. The molecule has 1 N–H and O–H groups in total. The number of aliphatic carboxylic acids is 1. The van der Waals surface area contributed by atoms with Crippen LogP contribution in [0.3, 0.4) is 0 Å². The highest BCUT2D eigenvalue weighted by Gasteiger charge is 2.28. The Hall–Kier alpha value is -2.01. The van der Waals surface area contributed by atoms with Crippen LogP contribution in [0.25, 0.3) is 0 Å². The smallest absolute Gasteiger partial charge is 0.341 e. The van der Waals surface area contributed by atoms with E-state index in [-0.39, 0.29) is 17.2 Å². The van der Waals surface area contributed by atoms with Crippen LogP contribution in [-0.2, 0) is 4.79 Å². The monoisotopic (exact) mass is 309 g/mol. The molecule has 0 saturated heterocycles. The molecule has 0 amide bonds. The molecule has 0 unspecified atom stereocenters. The maximum Gasteiger partial charge on any atom is 0.341 e. The minimum atomic E-state index is -1.29. The largest absolute Gasteiger partial charge is 0.490 e. The van der Waals surface area contributed by atoms with Crippen molar-refractivity contribution >= 4 is 23.4 Å². The number of rotatable bonds is 6. The molecule has 0 atom stereocenters. The molecule has 1 aliphatic rings. The lowest BCUT2D eigenvalue weighted by atomic mass is 10.0. The Kier molecular flexibility index (Phi) is 4.53. The van der Waals surface area contributed by atoms with Gasteiger partial charge in [-0.1, -0.05) is 11.6 Å². The predicted molar refractivity (Wildman–Crippen MR) is 78.8 cm³/mol. The van der Waals surface area contributed by atoms with Crippen molar-refractivity contribution in [3.8, 4) is 5.75 Å². The van der Waals surface area contributed by atoms with Crippen LogP contribution in [0.1, 0.15) is 23.2 Å². The summed E-state index contributed by atoms with van der Waals surface area (Å²) in [5, 5.41) is 9.58. The van der Waals surface area contributed by atoms with Crippen molar-refractivity contribution in [3.63, 3.8) is 0 Å². The van der Waals surface area contributed by atoms with Crippen LogP contribution in [-0.4, -0.2) is 42.0 Å². The molecule has 1 aromatic rings. The van der Waals surface area contributed by atoms with Gasteiger partial charge in [-0.05, 0) is 31.0 Å². The zero-order valence-corrected chi connectivity index (χ0v) is 12.6. The molecular formula is C15H16ClNO4. The number of nitrogens with zero attached hydrogens (tertiary/aromatic N) is 1. The summed E-state index contributed by atoms with van der Waals surface area (Å²) in [4.78, 5) is 25.3. The Balaban J connectivity index is 2.40. The number of benzene rings is 1. The normalized spacial score (nSPS) is 14.7. The van der Waals surface area contributed by atoms with Crippen molar-refractivity contribution in [2.45, 2.75) is 18.9 Å². The van der Waals surface area contributed by atoms with Crippen molar-refractivity contribution in [1.82, 2.24) is 4.90 Å². The third-order valence-corrected chi connectivity index (χ3v) is 3.10. The van der Waals surface area contributed by atoms with Gasteiger partial charge in [-0.15, -0.1) is 0 Å². The maximum atomic E-state index is 12.5. The molecule has 0 aromatic heterocycles. The van der Waals surface area contributed by atoms with E-state index in [0.717, 1.165) is 12.8 Å². The van der Waals surface area contributed by atoms with E-state index in [1.165, 1.54) is 17.2 Å². The summed E-state index contributed by atoms with van der Waals surface area (Å²) in [7, 11) is 3.30. The first-order valence-corrected chi connectivity index (χ1v) is 6.88. The zero-order valence-electron chi connectivity index (χ0n) is 11.8. The third kappa shape index (κ3) is 3.98. The average molecular weight is 310 g/mol. The molecule has 0 radical (unpaired) electrons. The van der Waals surface area contributed by atoms with Crippen molar-refractivity contribution in [1.29, 1.82) is 0 Å². The Morgan fingerprint density at radius 3 is 2.57 bits per heavy atom. The number of carbonyl (C=O) groups is 2. The molecule has 112 valence electrons. The number of Topliss-reactive ketones (excluding diaryl/α,β-unsaturated/α-hetero) is 1. The second kappa shape index (κ2) is 6.18. The number of halogens is 1. The lowest BCUT2D eigenvalue weighted by molar-refractivity contribution is -0.132. The molecule has 2 rings (SSSR count). The Morgan fingerprint density at radius 1 is 1.38 bits per heavy atom. The Labute approximate surface area is 127 Å². The molecule has 1 saturated carbocycles. The summed E-state index contributed by atoms with van der Waals surface area (Å²) >= 11 is 5.92. The van der Waals surface area contributed by atoms with Gasteiger partial charge in [0.05, 0.1) is 11.7 Å². The first-order chi connectivity index (χ1) is 9.88. The highest BCUT2D eigenvalue weighted by molar-refractivity contribution is 6.32. The molecule has 1 aromatic carbocycles. The number of carboxylic acids is 1. The van der Waals surface area contributed by atoms with E-state index in [1.807, 2.05) is 0 Å². The molecule has 0 heterocycles. The summed E-state index contributed by atoms with van der Waals surface area (Å²) in [6.07, 6.45) is 3.25. The fraction of sp³-hybridized carbons (Fsp3) is 0.333. The molecule has 6 heteroatoms. The van der Waals surface area contributed by atoms with Crippen LogP contribution in [0.15, 0.2) is 30.0 Å². The SMILES string of the molecule is CN(C)C=C(C(=O)O)C(=O)c1cc(Cl)ccc1OC1CC1. The fourth-order valence-corrected chi connectivity index (χ4v) is 1.93. The fourth-order valence-electron chi connectivity index (χ4n) is 1.76. The highest BCUT2D eigenvalue weighted by atomic mass is 35.5. The predicted octanol–water partition coefficient (Wildman–Crippen LogP) is 2.59. The summed E-state index contributed by atoms with van der Waals surface area (Å²) in [6.45, 7) is 0. The van der Waals surface area contributed by atoms with Gasteiger partial charge in [-0.25, -0.2) is 4.79 Å². The number of hydrogen-bond donors (Lipinski definition) is 1. The van der Waals surface area contributed by atoms with Gasteiger partial charge in [0.2, 0.25) is 5.78 Å². The topological polar surface area (TPSA) is 66.8 Å². The van der Waals surface area contributed by atoms with E-state index in [4.69, 9.17) is 16.3 Å². The molecular weight excluding hydrogens is 294 g/mol. The van der Waals surface area contributed by atoms with Gasteiger partial charge in [-0.3, -0.25) is 4.79 Å². The van der Waals surface area contributed by atoms with Gasteiger partial charge in [0.25, 0.3) is 0 Å². The van der Waals surface area contributed by atoms with Crippen LogP contribution in [0, 0.1) is 0 Å². The zero-order chi connectivity index (χ0) is 15.6. The number of ketones is 1. The van der Waals surface area contributed by atoms with Crippen LogP contribution in [0.5, 0.6) is 5.75 Å². The first kappa shape index (κ1) is 15.4. The van der Waals surface area contributed by atoms with Crippen molar-refractivity contribution < 1.29 is 19.4 Å². The van der Waals surface area contributed by atoms with Gasteiger partial charge in [0.15, 0.2) is 0 Å². The second-order valence-corrected chi connectivity index (χ2v) is 5.53. The minimum Gasteiger partial charge on any atom is -0.490 e. The molecule has 0 spiro atoms. The van der Waals surface area contributed by atoms with E-state index in [9.17, 15) is 14.7 Å². The summed E-state index contributed by atoms with van der Waals surface area (Å²) in [5.74, 6) is -1.53. The number of hydrogen-bond acceptors (Lipinski definition) is 4. The first-order valence-electron chi connectivity index (χ1n) is 6.51. The lowest BCUT2D eigenvalue weighted by Crippen LogP contribution is -2.17. The van der Waals surface area contributed by atoms with E-state index in [1.54, 1.807) is 26.2 Å². The Bertz CT molecular complexity index is 606. The van der Waals surface area contributed by atoms with Crippen molar-refractivity contribution in [2.75, 3.05) is 14.1 Å². The van der Waals surface area contributed by atoms with Gasteiger partial charge in [-0.2, -0.15) is 0 Å². The number of carboxylic acid groups (broad SMARTS) is 1. The van der Waals surface area contributed by atoms with Gasteiger partial charge in [0, 0.05) is 25.3 Å². The summed E-state index contributed by atoms with van der Waals surface area (Å²) in [6, 6.07) is 4.66. The maximum absolute atomic E-state index is 12.5. The van der Waals surface area contributed by atoms with Crippen LogP contribution in [0.4, 0.5) is 0 Å². The molecule has 21 heavy (non-hydrogen) atoms. The standard InChI is InChI=1S/C15H16ClNO4/c1-17(2)8-12(15(19)20)14(18)11-7-9(16)3-6-13(11)21-10-4-5-10/h3,6-8,10H,4-5H2,1-2H3,(H,19,20). The lowest BCUT2D eigenvalue weighted by Gasteiger charge is -2.12. The summed E-state index contributed by atoms with van der Waals surface area (Å²) in [5.41, 5.74) is -0.159. The van der Waals surface area contributed by atoms with Crippen molar-refractivity contribution in [3.05, 3.63) is 40.6 Å². The van der Waals surface area contributed by atoms with Gasteiger partial charge in [0.1, 0.15) is 11.3 Å². The molecule has 5 nitrogen and oxygen atoms in total. The van der Waals surface area contributed by atoms with E-state index < -0.39 is 11.8 Å². The second-order valence-electron chi connectivity index (χ2n) is 5.10. The van der Waals surface area contributed by atoms with Crippen LogP contribution in [0.2, 0.25) is 5.02 Å². The van der Waals surface area contributed by atoms with Crippen LogP contribution >= 0.6 is 11.6 Å². The number of carbonyl (C=O) groups excluding carboxylic acids is 1. The Morgan fingerprint density at radius 2 is 2.05 bits per heavy atom. The minimum absolute atomic E-state index is 0.101. The molecule has 1 aliphatic carbocycles.